The van der Waals surface area contributed by atoms with E-state index in [2.05, 4.69) is 27.7 Å². The fourth-order valence-corrected chi connectivity index (χ4v) is 4.79. The van der Waals surface area contributed by atoms with Crippen LogP contribution in [0.2, 0.25) is 0 Å². The fourth-order valence-electron chi connectivity index (χ4n) is 4.79. The number of ketones is 1. The maximum Gasteiger partial charge on any atom is 0.161 e. The molecular weight excluding hydrogens is 386 g/mol. The molecule has 3 aromatic rings. The lowest BCUT2D eigenvalue weighted by Gasteiger charge is -2.37. The molecule has 1 saturated heterocycles. The highest BCUT2D eigenvalue weighted by molar-refractivity contribution is 6.08. The molecule has 1 aliphatic heterocycles. The second-order valence-electron chi connectivity index (χ2n) is 8.40. The maximum absolute atomic E-state index is 12.1. The van der Waals surface area contributed by atoms with E-state index in [1.807, 2.05) is 42.6 Å². The molecule has 4 rings (SSSR count). The van der Waals surface area contributed by atoms with Crippen LogP contribution in [0, 0.1) is 11.3 Å². The number of hydrogen-bond donors (Lipinski definition) is 0. The Labute approximate surface area is 183 Å². The van der Waals surface area contributed by atoms with Gasteiger partial charge in [0.1, 0.15) is 5.75 Å². The molecule has 0 bridgehead atoms. The highest BCUT2D eigenvalue weighted by Gasteiger charge is 2.36. The molecule has 1 fully saturated rings. The number of para-hydroxylation sites is 1. The van der Waals surface area contributed by atoms with Gasteiger partial charge in [-0.05, 0) is 57.5 Å². The van der Waals surface area contributed by atoms with E-state index in [9.17, 15) is 10.1 Å². The molecule has 5 heteroatoms. The normalized spacial score (nSPS) is 16.2. The van der Waals surface area contributed by atoms with Gasteiger partial charge in [-0.1, -0.05) is 42.5 Å². The minimum atomic E-state index is -0.363. The topological polar surface area (TPSA) is 58.3 Å². The molecule has 0 spiro atoms. The minimum absolute atomic E-state index is 0.0711. The Morgan fingerprint density at radius 3 is 2.48 bits per heavy atom. The average molecular weight is 416 g/mol. The van der Waals surface area contributed by atoms with Gasteiger partial charge in [0.15, 0.2) is 5.78 Å². The Morgan fingerprint density at radius 1 is 1.10 bits per heavy atom. The number of likely N-dealkylation sites (tertiary alicyclic amines) is 1. The summed E-state index contributed by atoms with van der Waals surface area (Å²) in [4.78, 5) is 14.6. The van der Waals surface area contributed by atoms with E-state index >= 15 is 0 Å². The molecule has 0 amide bonds. The lowest BCUT2D eigenvalue weighted by atomic mass is 9.74. The Kier molecular flexibility index (Phi) is 6.11. The van der Waals surface area contributed by atoms with Gasteiger partial charge in [-0.25, -0.2) is 0 Å². The van der Waals surface area contributed by atoms with Crippen LogP contribution in [-0.2, 0) is 12.0 Å². The van der Waals surface area contributed by atoms with Gasteiger partial charge in [0.25, 0.3) is 0 Å². The first-order valence-corrected chi connectivity index (χ1v) is 10.9. The van der Waals surface area contributed by atoms with Crippen molar-refractivity contribution in [3.8, 4) is 11.8 Å². The summed E-state index contributed by atoms with van der Waals surface area (Å²) in [7, 11) is 1.67. The number of Topliss-reactive ketones (excluding diaryl/α,β-unsaturated/α-hetero) is 1. The maximum atomic E-state index is 12.1. The number of rotatable bonds is 7. The van der Waals surface area contributed by atoms with Crippen molar-refractivity contribution in [2.45, 2.75) is 38.1 Å². The number of aryl methyl sites for hydroxylation is 1. The third-order valence-electron chi connectivity index (χ3n) is 6.58. The predicted octanol–water partition coefficient (Wildman–Crippen LogP) is 4.80. The molecule has 1 aliphatic rings. The zero-order valence-corrected chi connectivity index (χ0v) is 18.3. The number of carbonyl (C=O) groups excluding carboxylic acids is 1. The van der Waals surface area contributed by atoms with Gasteiger partial charge in [0, 0.05) is 23.7 Å². The lowest BCUT2D eigenvalue weighted by Crippen LogP contribution is -2.42. The van der Waals surface area contributed by atoms with Gasteiger partial charge in [-0.2, -0.15) is 5.26 Å². The average Bonchev–Trinajstić information content (AvgIpc) is 3.19. The number of piperidine rings is 1. The summed E-state index contributed by atoms with van der Waals surface area (Å²) < 4.78 is 7.71. The van der Waals surface area contributed by atoms with Gasteiger partial charge in [0.05, 0.1) is 24.1 Å². The van der Waals surface area contributed by atoms with E-state index in [0.29, 0.717) is 0 Å². The number of ether oxygens (including phenoxy) is 1. The Morgan fingerprint density at radius 2 is 1.84 bits per heavy atom. The quantitative estimate of drug-likeness (QED) is 0.520. The van der Waals surface area contributed by atoms with E-state index in [1.54, 1.807) is 14.0 Å². The molecule has 5 nitrogen and oxygen atoms in total. The summed E-state index contributed by atoms with van der Waals surface area (Å²) in [6, 6.07) is 18.7. The highest BCUT2D eigenvalue weighted by Crippen LogP contribution is 2.35. The fraction of sp³-hybridized carbons (Fsp3) is 0.385. The summed E-state index contributed by atoms with van der Waals surface area (Å²) in [5.74, 6) is 0.867. The van der Waals surface area contributed by atoms with Crippen molar-refractivity contribution >= 4 is 16.7 Å². The van der Waals surface area contributed by atoms with Crippen LogP contribution >= 0.6 is 0 Å². The largest absolute Gasteiger partial charge is 0.495 e. The summed E-state index contributed by atoms with van der Waals surface area (Å²) in [5.41, 5.74) is 2.51. The monoisotopic (exact) mass is 415 g/mol. The molecule has 31 heavy (non-hydrogen) atoms. The smallest absolute Gasteiger partial charge is 0.161 e. The second kappa shape index (κ2) is 8.95. The van der Waals surface area contributed by atoms with E-state index in [4.69, 9.17) is 4.74 Å². The van der Waals surface area contributed by atoms with Gasteiger partial charge in [0.2, 0.25) is 0 Å². The van der Waals surface area contributed by atoms with Crippen molar-refractivity contribution in [2.24, 2.45) is 0 Å². The summed E-state index contributed by atoms with van der Waals surface area (Å²) in [6.45, 7) is 5.26. The van der Waals surface area contributed by atoms with E-state index in [-0.39, 0.29) is 11.2 Å². The highest BCUT2D eigenvalue weighted by atomic mass is 16.5. The van der Waals surface area contributed by atoms with Crippen molar-refractivity contribution in [1.82, 2.24) is 9.47 Å². The number of methoxy groups -OCH3 is 1. The van der Waals surface area contributed by atoms with Gasteiger partial charge in [-0.15, -0.1) is 0 Å². The zero-order valence-electron chi connectivity index (χ0n) is 18.3. The van der Waals surface area contributed by atoms with Crippen LogP contribution in [0.25, 0.3) is 10.9 Å². The number of benzene rings is 2. The van der Waals surface area contributed by atoms with Crippen LogP contribution in [0.4, 0.5) is 0 Å². The van der Waals surface area contributed by atoms with Crippen LogP contribution in [0.1, 0.15) is 42.1 Å². The van der Waals surface area contributed by atoms with Crippen molar-refractivity contribution in [3.05, 3.63) is 65.9 Å². The standard InChI is InChI=1S/C26H29N3O2/c1-20(30)23-18-29(25-22(23)10-6-11-24(25)31-2)15-7-14-28-16-12-26(19-27,13-17-28)21-8-4-3-5-9-21/h3-6,8-11,18H,7,12-17H2,1-2H3. The van der Waals surface area contributed by atoms with Crippen LogP contribution in [-0.4, -0.2) is 42.0 Å². The number of fused-ring (bicyclic) bond motifs is 1. The van der Waals surface area contributed by atoms with Crippen molar-refractivity contribution < 1.29 is 9.53 Å². The van der Waals surface area contributed by atoms with Crippen LogP contribution in [0.15, 0.2) is 54.7 Å². The second-order valence-corrected chi connectivity index (χ2v) is 8.40. The molecule has 0 atom stereocenters. The first-order valence-electron chi connectivity index (χ1n) is 10.9. The SMILES string of the molecule is COc1cccc2c(C(C)=O)cn(CCCN3CCC(C#N)(c4ccccc4)CC3)c12. The number of hydrogen-bond acceptors (Lipinski definition) is 4. The predicted molar refractivity (Wildman–Crippen MR) is 123 cm³/mol. The van der Waals surface area contributed by atoms with Gasteiger partial charge in [-0.3, -0.25) is 4.79 Å². The molecule has 160 valence electrons. The summed E-state index contributed by atoms with van der Waals surface area (Å²) in [6.07, 6.45) is 4.66. The Hall–Kier alpha value is -3.10. The Balaban J connectivity index is 1.41. The van der Waals surface area contributed by atoms with Gasteiger partial charge < -0.3 is 14.2 Å². The number of aromatic nitrogens is 1. The molecule has 0 unspecified atom stereocenters. The molecule has 2 aromatic carbocycles. The number of nitrogens with zero attached hydrogens (tertiary/aromatic N) is 3. The van der Waals surface area contributed by atoms with E-state index in [1.165, 1.54) is 0 Å². The minimum Gasteiger partial charge on any atom is -0.495 e. The third-order valence-corrected chi connectivity index (χ3v) is 6.58. The van der Waals surface area contributed by atoms with Crippen molar-refractivity contribution in [2.75, 3.05) is 26.7 Å². The Bertz CT molecular complexity index is 1100. The zero-order chi connectivity index (χ0) is 21.8. The first kappa shape index (κ1) is 21.1. The van der Waals surface area contributed by atoms with Crippen LogP contribution in [0.3, 0.4) is 0 Å². The number of carbonyl (C=O) groups is 1. The molecular formula is C26H29N3O2. The van der Waals surface area contributed by atoms with Crippen LogP contribution in [0.5, 0.6) is 5.75 Å². The molecule has 0 aliphatic carbocycles. The van der Waals surface area contributed by atoms with E-state index < -0.39 is 0 Å². The van der Waals surface area contributed by atoms with Gasteiger partial charge >= 0.3 is 0 Å². The van der Waals surface area contributed by atoms with E-state index in [0.717, 1.165) is 73.2 Å². The first-order chi connectivity index (χ1) is 15.1. The lowest BCUT2D eigenvalue weighted by molar-refractivity contribution is 0.101. The van der Waals surface area contributed by atoms with Crippen molar-refractivity contribution in [3.63, 3.8) is 0 Å². The number of nitriles is 1. The van der Waals surface area contributed by atoms with Crippen molar-refractivity contribution in [1.29, 1.82) is 5.26 Å². The molecule has 0 N–H and O–H groups in total. The molecule has 1 aromatic heterocycles. The third kappa shape index (κ3) is 4.08. The summed E-state index contributed by atoms with van der Waals surface area (Å²) >= 11 is 0. The van der Waals surface area contributed by atoms with Crippen LogP contribution < -0.4 is 4.74 Å². The molecule has 0 saturated carbocycles. The molecule has 0 radical (unpaired) electrons. The summed E-state index contributed by atoms with van der Waals surface area (Å²) in [5, 5.41) is 10.8. The molecule has 2 heterocycles.